The molecular weight excluding hydrogens is 170 g/mol. The Bertz CT molecular complexity index is 298. The van der Waals surface area contributed by atoms with Crippen LogP contribution in [0.25, 0.3) is 0 Å². The molecule has 0 amide bonds. The highest BCUT2D eigenvalue weighted by atomic mass is 14.8. The van der Waals surface area contributed by atoms with Crippen molar-refractivity contribution in [2.24, 2.45) is 11.7 Å². The van der Waals surface area contributed by atoms with Crippen LogP contribution in [0.5, 0.6) is 0 Å². The molecule has 0 radical (unpaired) electrons. The van der Waals surface area contributed by atoms with E-state index in [1.165, 1.54) is 18.4 Å². The second-order valence-corrected chi connectivity index (χ2v) is 4.79. The van der Waals surface area contributed by atoms with E-state index in [2.05, 4.69) is 44.2 Å². The van der Waals surface area contributed by atoms with Gasteiger partial charge in [-0.05, 0) is 24.3 Å². The van der Waals surface area contributed by atoms with Crippen LogP contribution < -0.4 is 5.73 Å². The first-order valence-corrected chi connectivity index (χ1v) is 5.48. The summed E-state index contributed by atoms with van der Waals surface area (Å²) in [5.41, 5.74) is 8.02. The Balaban J connectivity index is 2.26. The van der Waals surface area contributed by atoms with Crippen LogP contribution in [0.15, 0.2) is 30.3 Å². The van der Waals surface area contributed by atoms with Gasteiger partial charge in [-0.1, -0.05) is 44.2 Å². The summed E-state index contributed by atoms with van der Waals surface area (Å²) in [5, 5.41) is 0. The minimum Gasteiger partial charge on any atom is -0.327 e. The molecule has 2 rings (SSSR count). The molecule has 1 aliphatic rings. The molecule has 1 aromatic carbocycles. The van der Waals surface area contributed by atoms with Crippen molar-refractivity contribution in [3.05, 3.63) is 35.9 Å². The first-order valence-electron chi connectivity index (χ1n) is 5.48. The zero-order chi connectivity index (χ0) is 10.2. The summed E-state index contributed by atoms with van der Waals surface area (Å²) in [6, 6.07) is 11.0. The summed E-state index contributed by atoms with van der Waals surface area (Å²) in [5.74, 6) is 0.567. The van der Waals surface area contributed by atoms with E-state index in [-0.39, 0.29) is 0 Å². The summed E-state index contributed by atoms with van der Waals surface area (Å²) in [7, 11) is 0. The average Bonchev–Trinajstić information content (AvgIpc) is 2.99. The lowest BCUT2D eigenvalue weighted by Gasteiger charge is -2.27. The molecule has 14 heavy (non-hydrogen) atoms. The van der Waals surface area contributed by atoms with Crippen LogP contribution in [0.2, 0.25) is 0 Å². The molecule has 1 aliphatic carbocycles. The Kier molecular flexibility index (Phi) is 2.36. The quantitative estimate of drug-likeness (QED) is 0.777. The molecule has 1 nitrogen and oxygen atoms in total. The van der Waals surface area contributed by atoms with Crippen molar-refractivity contribution >= 4 is 0 Å². The fourth-order valence-electron chi connectivity index (χ4n) is 2.36. The predicted molar refractivity (Wildman–Crippen MR) is 60.2 cm³/mol. The van der Waals surface area contributed by atoms with Crippen molar-refractivity contribution in [2.75, 3.05) is 0 Å². The first-order chi connectivity index (χ1) is 6.67. The summed E-state index contributed by atoms with van der Waals surface area (Å²) >= 11 is 0. The molecule has 2 N–H and O–H groups in total. The monoisotopic (exact) mass is 189 g/mol. The number of benzene rings is 1. The van der Waals surface area contributed by atoms with Crippen molar-refractivity contribution in [1.29, 1.82) is 0 Å². The van der Waals surface area contributed by atoms with E-state index in [0.29, 0.717) is 17.4 Å². The van der Waals surface area contributed by atoms with Gasteiger partial charge < -0.3 is 5.73 Å². The van der Waals surface area contributed by atoms with E-state index < -0.39 is 0 Å². The normalized spacial score (nSPS) is 20.9. The molecule has 0 aliphatic heterocycles. The van der Waals surface area contributed by atoms with Crippen LogP contribution in [0, 0.1) is 5.92 Å². The van der Waals surface area contributed by atoms with E-state index in [1.807, 2.05) is 0 Å². The van der Waals surface area contributed by atoms with Crippen molar-refractivity contribution in [1.82, 2.24) is 0 Å². The van der Waals surface area contributed by atoms with Gasteiger partial charge in [-0.15, -0.1) is 0 Å². The molecule has 1 fully saturated rings. The molecule has 0 bridgehead atoms. The molecule has 1 saturated carbocycles. The SMILES string of the molecule is CC(C)C(N)C1(c2ccccc2)CC1. The lowest BCUT2D eigenvalue weighted by atomic mass is 9.83. The Morgan fingerprint density at radius 1 is 1.14 bits per heavy atom. The van der Waals surface area contributed by atoms with Gasteiger partial charge in [0.05, 0.1) is 0 Å². The third-order valence-electron chi connectivity index (χ3n) is 3.49. The zero-order valence-corrected chi connectivity index (χ0v) is 9.03. The van der Waals surface area contributed by atoms with Crippen molar-refractivity contribution in [3.63, 3.8) is 0 Å². The molecule has 1 atom stereocenters. The second-order valence-electron chi connectivity index (χ2n) is 4.79. The van der Waals surface area contributed by atoms with Gasteiger partial charge in [0.2, 0.25) is 0 Å². The number of hydrogen-bond donors (Lipinski definition) is 1. The van der Waals surface area contributed by atoms with Gasteiger partial charge in [0, 0.05) is 11.5 Å². The van der Waals surface area contributed by atoms with Crippen LogP contribution in [-0.2, 0) is 5.41 Å². The van der Waals surface area contributed by atoms with Gasteiger partial charge in [0.25, 0.3) is 0 Å². The smallest absolute Gasteiger partial charge is 0.0160 e. The van der Waals surface area contributed by atoms with Crippen LogP contribution in [-0.4, -0.2) is 6.04 Å². The Morgan fingerprint density at radius 3 is 2.14 bits per heavy atom. The van der Waals surface area contributed by atoms with Crippen molar-refractivity contribution in [3.8, 4) is 0 Å². The molecule has 0 saturated heterocycles. The standard InChI is InChI=1S/C13H19N/c1-10(2)12(14)13(8-9-13)11-6-4-3-5-7-11/h3-7,10,12H,8-9,14H2,1-2H3. The van der Waals surface area contributed by atoms with Gasteiger partial charge in [-0.3, -0.25) is 0 Å². The lowest BCUT2D eigenvalue weighted by molar-refractivity contribution is 0.401. The van der Waals surface area contributed by atoms with E-state index in [9.17, 15) is 0 Å². The first kappa shape index (κ1) is 9.72. The topological polar surface area (TPSA) is 26.0 Å². The molecule has 1 heteroatoms. The third-order valence-corrected chi connectivity index (χ3v) is 3.49. The maximum atomic E-state index is 6.29. The Labute approximate surface area is 86.3 Å². The van der Waals surface area contributed by atoms with Crippen LogP contribution in [0.3, 0.4) is 0 Å². The molecular formula is C13H19N. The molecule has 0 heterocycles. The van der Waals surface area contributed by atoms with Gasteiger partial charge in [-0.25, -0.2) is 0 Å². The molecule has 1 unspecified atom stereocenters. The van der Waals surface area contributed by atoms with E-state index >= 15 is 0 Å². The maximum absolute atomic E-state index is 6.29. The summed E-state index contributed by atoms with van der Waals surface area (Å²) < 4.78 is 0. The highest BCUT2D eigenvalue weighted by molar-refractivity contribution is 5.33. The Morgan fingerprint density at radius 2 is 1.71 bits per heavy atom. The second kappa shape index (κ2) is 3.39. The van der Waals surface area contributed by atoms with Gasteiger partial charge in [0.1, 0.15) is 0 Å². The van der Waals surface area contributed by atoms with Crippen LogP contribution in [0.4, 0.5) is 0 Å². The maximum Gasteiger partial charge on any atom is 0.0160 e. The minimum atomic E-state index is 0.301. The predicted octanol–water partition coefficient (Wildman–Crippen LogP) is 2.70. The number of hydrogen-bond acceptors (Lipinski definition) is 1. The number of nitrogens with two attached hydrogens (primary N) is 1. The van der Waals surface area contributed by atoms with E-state index in [1.54, 1.807) is 0 Å². The van der Waals surface area contributed by atoms with Crippen LogP contribution >= 0.6 is 0 Å². The molecule has 1 aromatic rings. The van der Waals surface area contributed by atoms with Crippen molar-refractivity contribution in [2.45, 2.75) is 38.1 Å². The highest BCUT2D eigenvalue weighted by Crippen LogP contribution is 2.51. The van der Waals surface area contributed by atoms with E-state index in [4.69, 9.17) is 5.73 Å². The summed E-state index contributed by atoms with van der Waals surface area (Å²) in [6.07, 6.45) is 2.52. The fourth-order valence-corrected chi connectivity index (χ4v) is 2.36. The number of rotatable bonds is 3. The van der Waals surface area contributed by atoms with Gasteiger partial charge >= 0.3 is 0 Å². The highest BCUT2D eigenvalue weighted by Gasteiger charge is 2.49. The van der Waals surface area contributed by atoms with Gasteiger partial charge in [-0.2, -0.15) is 0 Å². The van der Waals surface area contributed by atoms with E-state index in [0.717, 1.165) is 0 Å². The van der Waals surface area contributed by atoms with Crippen molar-refractivity contribution < 1.29 is 0 Å². The average molecular weight is 189 g/mol. The molecule has 76 valence electrons. The Hall–Kier alpha value is -0.820. The molecule has 0 spiro atoms. The summed E-state index contributed by atoms with van der Waals surface area (Å²) in [4.78, 5) is 0. The lowest BCUT2D eigenvalue weighted by Crippen LogP contribution is -2.39. The zero-order valence-electron chi connectivity index (χ0n) is 9.03. The summed E-state index contributed by atoms with van der Waals surface area (Å²) in [6.45, 7) is 4.43. The third kappa shape index (κ3) is 1.46. The fraction of sp³-hybridized carbons (Fsp3) is 0.538. The van der Waals surface area contributed by atoms with Crippen LogP contribution in [0.1, 0.15) is 32.3 Å². The minimum absolute atomic E-state index is 0.301. The largest absolute Gasteiger partial charge is 0.327 e. The molecule has 0 aromatic heterocycles. The van der Waals surface area contributed by atoms with Gasteiger partial charge in [0.15, 0.2) is 0 Å².